The monoisotopic (exact) mass is 325 g/mol. The first kappa shape index (κ1) is 14.1. The number of carbonyl (C=O) groups is 1. The summed E-state index contributed by atoms with van der Waals surface area (Å²) in [4.78, 5) is 30.1. The maximum absolute atomic E-state index is 12.6. The second-order valence-corrected chi connectivity index (χ2v) is 6.52. The topological polar surface area (TPSA) is 64.0 Å². The molecule has 3 aromatic rings. The summed E-state index contributed by atoms with van der Waals surface area (Å²) >= 11 is 1.44. The van der Waals surface area contributed by atoms with E-state index < -0.39 is 0 Å². The first-order chi connectivity index (χ1) is 11.2. The van der Waals surface area contributed by atoms with Crippen LogP contribution in [0.25, 0.3) is 10.2 Å². The number of Topliss-reactive ketones (excluding diaryl/α,β-unsaturated/α-hetero) is 1. The number of hydrogen-bond acceptors (Lipinski definition) is 5. The van der Waals surface area contributed by atoms with Gasteiger partial charge in [0, 0.05) is 11.6 Å². The van der Waals surface area contributed by atoms with E-state index in [1.54, 1.807) is 16.7 Å². The Kier molecular flexibility index (Phi) is 3.46. The second-order valence-electron chi connectivity index (χ2n) is 5.62. The first-order valence-corrected chi connectivity index (χ1v) is 8.44. The lowest BCUT2D eigenvalue weighted by Gasteiger charge is -2.12. The normalized spacial score (nSPS) is 14.1. The number of nitrogens with zero attached hydrogens (tertiary/aromatic N) is 2. The van der Waals surface area contributed by atoms with Crippen LogP contribution in [0.2, 0.25) is 0 Å². The van der Waals surface area contributed by atoms with Crippen LogP contribution in [0.4, 0.5) is 5.95 Å². The Morgan fingerprint density at radius 1 is 1.26 bits per heavy atom. The van der Waals surface area contributed by atoms with Crippen molar-refractivity contribution in [3.05, 3.63) is 57.7 Å². The van der Waals surface area contributed by atoms with Gasteiger partial charge in [-0.25, -0.2) is 4.98 Å². The van der Waals surface area contributed by atoms with Gasteiger partial charge in [-0.2, -0.15) is 0 Å². The zero-order valence-corrected chi connectivity index (χ0v) is 13.2. The summed E-state index contributed by atoms with van der Waals surface area (Å²) in [6, 6.07) is 11.1. The van der Waals surface area contributed by atoms with Crippen molar-refractivity contribution in [3.63, 3.8) is 0 Å². The summed E-state index contributed by atoms with van der Waals surface area (Å²) in [5, 5.41) is 5.59. The third-order valence-electron chi connectivity index (χ3n) is 3.94. The highest BCUT2D eigenvalue weighted by Gasteiger charge is 2.28. The molecule has 2 aromatic heterocycles. The fourth-order valence-corrected chi connectivity index (χ4v) is 3.36. The molecule has 6 heteroatoms. The molecule has 0 radical (unpaired) electrons. The van der Waals surface area contributed by atoms with Crippen LogP contribution in [0.5, 0.6) is 0 Å². The fourth-order valence-electron chi connectivity index (χ4n) is 2.61. The number of rotatable bonds is 5. The Labute approximate surface area is 136 Å². The van der Waals surface area contributed by atoms with Gasteiger partial charge in [0.15, 0.2) is 5.78 Å². The van der Waals surface area contributed by atoms with Crippen LogP contribution in [-0.4, -0.2) is 21.9 Å². The lowest BCUT2D eigenvalue weighted by molar-refractivity contribution is 0.101. The average Bonchev–Trinajstić information content (AvgIpc) is 3.30. The predicted octanol–water partition coefficient (Wildman–Crippen LogP) is 3.09. The standard InChI is InChI=1S/C17H15N3O2S/c21-14(11-4-2-1-3-5-11)10-18-17-19-15-13(8-9-23-15)16(22)20(17)12-6-7-12/h1-5,8-9,12H,6-7,10H2,(H,18,19). The quantitative estimate of drug-likeness (QED) is 0.732. The van der Waals surface area contributed by atoms with Crippen LogP contribution in [0.15, 0.2) is 46.6 Å². The van der Waals surface area contributed by atoms with Crippen LogP contribution >= 0.6 is 11.3 Å². The largest absolute Gasteiger partial charge is 0.348 e. The predicted molar refractivity (Wildman–Crippen MR) is 91.4 cm³/mol. The number of nitrogens with one attached hydrogen (secondary N) is 1. The number of anilines is 1. The summed E-state index contributed by atoms with van der Waals surface area (Å²) in [6.07, 6.45) is 1.97. The fraction of sp³-hybridized carbons (Fsp3) is 0.235. The second kappa shape index (κ2) is 5.62. The van der Waals surface area contributed by atoms with Gasteiger partial charge >= 0.3 is 0 Å². The molecule has 1 N–H and O–H groups in total. The minimum Gasteiger partial charge on any atom is -0.348 e. The van der Waals surface area contributed by atoms with Gasteiger partial charge in [0.05, 0.1) is 11.9 Å². The van der Waals surface area contributed by atoms with Gasteiger partial charge in [-0.1, -0.05) is 30.3 Å². The lowest BCUT2D eigenvalue weighted by atomic mass is 10.1. The van der Waals surface area contributed by atoms with Crippen molar-refractivity contribution in [1.29, 1.82) is 0 Å². The van der Waals surface area contributed by atoms with Crippen molar-refractivity contribution in [3.8, 4) is 0 Å². The average molecular weight is 325 g/mol. The van der Waals surface area contributed by atoms with Crippen molar-refractivity contribution in [2.45, 2.75) is 18.9 Å². The van der Waals surface area contributed by atoms with E-state index in [1.165, 1.54) is 11.3 Å². The summed E-state index contributed by atoms with van der Waals surface area (Å²) in [5.41, 5.74) is 0.630. The van der Waals surface area contributed by atoms with Crippen molar-refractivity contribution < 1.29 is 4.79 Å². The van der Waals surface area contributed by atoms with Crippen LogP contribution in [-0.2, 0) is 0 Å². The van der Waals surface area contributed by atoms with Crippen LogP contribution in [0.1, 0.15) is 29.2 Å². The number of aromatic nitrogens is 2. The minimum absolute atomic E-state index is 0.0199. The van der Waals surface area contributed by atoms with E-state index in [1.807, 2.05) is 29.6 Å². The third kappa shape index (κ3) is 2.66. The number of fused-ring (bicyclic) bond motifs is 1. The molecular formula is C17H15N3O2S. The number of ketones is 1. The highest BCUT2D eigenvalue weighted by atomic mass is 32.1. The summed E-state index contributed by atoms with van der Waals surface area (Å²) < 4.78 is 1.70. The zero-order valence-electron chi connectivity index (χ0n) is 12.4. The molecule has 0 unspecified atom stereocenters. The Morgan fingerprint density at radius 3 is 2.78 bits per heavy atom. The molecule has 116 valence electrons. The molecule has 0 bridgehead atoms. The number of hydrogen-bond donors (Lipinski definition) is 1. The molecule has 1 fully saturated rings. The number of thiophene rings is 1. The van der Waals surface area contributed by atoms with Gasteiger partial charge in [-0.05, 0) is 24.3 Å². The molecule has 0 amide bonds. The number of carbonyl (C=O) groups excluding carboxylic acids is 1. The zero-order chi connectivity index (χ0) is 15.8. The van der Waals surface area contributed by atoms with Crippen molar-refractivity contribution >= 4 is 33.3 Å². The SMILES string of the molecule is O=C(CNc1nc2sccc2c(=O)n1C1CC1)c1ccccc1. The van der Waals surface area contributed by atoms with E-state index in [-0.39, 0.29) is 23.9 Å². The van der Waals surface area contributed by atoms with Crippen LogP contribution in [0.3, 0.4) is 0 Å². The molecule has 0 spiro atoms. The summed E-state index contributed by atoms with van der Waals surface area (Å²) in [5.74, 6) is 0.477. The third-order valence-corrected chi connectivity index (χ3v) is 4.75. The molecule has 1 aliphatic carbocycles. The molecular weight excluding hydrogens is 310 g/mol. The Morgan fingerprint density at radius 2 is 2.04 bits per heavy atom. The van der Waals surface area contributed by atoms with Gasteiger partial charge in [-0.15, -0.1) is 11.3 Å². The van der Waals surface area contributed by atoms with E-state index >= 15 is 0 Å². The molecule has 0 aliphatic heterocycles. The van der Waals surface area contributed by atoms with Gasteiger partial charge < -0.3 is 5.32 Å². The van der Waals surface area contributed by atoms with Gasteiger partial charge in [0.25, 0.3) is 5.56 Å². The number of benzene rings is 1. The highest BCUT2D eigenvalue weighted by Crippen LogP contribution is 2.36. The van der Waals surface area contributed by atoms with E-state index in [2.05, 4.69) is 10.3 Å². The van der Waals surface area contributed by atoms with E-state index in [9.17, 15) is 9.59 Å². The molecule has 0 atom stereocenters. The summed E-state index contributed by atoms with van der Waals surface area (Å²) in [6.45, 7) is 0.125. The molecule has 2 heterocycles. The molecule has 1 aliphatic rings. The Hall–Kier alpha value is -2.47. The smallest absolute Gasteiger partial charge is 0.263 e. The van der Waals surface area contributed by atoms with Crippen LogP contribution in [0, 0.1) is 0 Å². The Balaban J connectivity index is 1.65. The van der Waals surface area contributed by atoms with Crippen molar-refractivity contribution in [2.24, 2.45) is 0 Å². The molecule has 1 aromatic carbocycles. The maximum atomic E-state index is 12.6. The summed E-state index contributed by atoms with van der Waals surface area (Å²) in [7, 11) is 0. The van der Waals surface area contributed by atoms with E-state index in [0.717, 1.165) is 12.8 Å². The van der Waals surface area contributed by atoms with Crippen molar-refractivity contribution in [1.82, 2.24) is 9.55 Å². The van der Waals surface area contributed by atoms with Crippen LogP contribution < -0.4 is 10.9 Å². The van der Waals surface area contributed by atoms with Gasteiger partial charge in [0.2, 0.25) is 5.95 Å². The first-order valence-electron chi connectivity index (χ1n) is 7.56. The molecule has 4 rings (SSSR count). The van der Waals surface area contributed by atoms with Crippen molar-refractivity contribution in [2.75, 3.05) is 11.9 Å². The Bertz CT molecular complexity index is 926. The van der Waals surface area contributed by atoms with E-state index in [0.29, 0.717) is 21.7 Å². The molecule has 0 saturated heterocycles. The maximum Gasteiger partial charge on any atom is 0.263 e. The van der Waals surface area contributed by atoms with Gasteiger partial charge in [0.1, 0.15) is 4.83 Å². The molecule has 23 heavy (non-hydrogen) atoms. The minimum atomic E-state index is -0.0200. The molecule has 1 saturated carbocycles. The van der Waals surface area contributed by atoms with E-state index in [4.69, 9.17) is 0 Å². The highest BCUT2D eigenvalue weighted by molar-refractivity contribution is 7.16. The lowest BCUT2D eigenvalue weighted by Crippen LogP contribution is -2.26. The van der Waals surface area contributed by atoms with Gasteiger partial charge in [-0.3, -0.25) is 14.2 Å². The molecule has 5 nitrogen and oxygen atoms in total.